The molecule has 1 aromatic rings. The normalized spacial score (nSPS) is 10.2. The molecule has 0 saturated heterocycles. The molecule has 0 radical (unpaired) electrons. The van der Waals surface area contributed by atoms with Crippen molar-refractivity contribution in [3.05, 3.63) is 35.4 Å². The fraction of sp³-hybridized carbons (Fsp3) is 0.250. The molecule has 0 aliphatic heterocycles. The minimum atomic E-state index is -3.66. The summed E-state index contributed by atoms with van der Waals surface area (Å²) in [6.45, 7) is 0. The second kappa shape index (κ2) is 6.78. The van der Waals surface area contributed by atoms with E-state index in [9.17, 15) is 8.42 Å². The van der Waals surface area contributed by atoms with Crippen molar-refractivity contribution in [3.8, 4) is 0 Å². The van der Waals surface area contributed by atoms with Crippen LogP contribution in [0.2, 0.25) is 5.02 Å². The van der Waals surface area contributed by atoms with E-state index >= 15 is 0 Å². The predicted octanol–water partition coefficient (Wildman–Crippen LogP) is 1.86. The molecule has 4 nitrogen and oxygen atoms in total. The first-order valence-electron chi connectivity index (χ1n) is 3.58. The largest absolute Gasteiger partial charge is 0.399 e. The molecule has 6 heteroatoms. The Labute approximate surface area is 88.7 Å². The summed E-state index contributed by atoms with van der Waals surface area (Å²) in [5.41, 5.74) is 0. The van der Waals surface area contributed by atoms with Gasteiger partial charge >= 0.3 is 10.4 Å². The molecule has 80 valence electrons. The van der Waals surface area contributed by atoms with Crippen LogP contribution in [0.5, 0.6) is 0 Å². The summed E-state index contributed by atoms with van der Waals surface area (Å²) >= 11 is 5.54. The quantitative estimate of drug-likeness (QED) is 0.789. The molecule has 0 aromatic heterocycles. The van der Waals surface area contributed by atoms with Gasteiger partial charge < -0.3 is 0 Å². The molecule has 0 aliphatic carbocycles. The zero-order chi connectivity index (χ0) is 11.0. The average molecular weight is 239 g/mol. The van der Waals surface area contributed by atoms with Crippen LogP contribution in [0.1, 0.15) is 0 Å². The lowest BCUT2D eigenvalue weighted by molar-refractivity contribution is 0.286. The van der Waals surface area contributed by atoms with Gasteiger partial charge in [0.1, 0.15) is 0 Å². The van der Waals surface area contributed by atoms with Gasteiger partial charge in [-0.25, -0.2) is 0 Å². The summed E-state index contributed by atoms with van der Waals surface area (Å²) in [6, 6.07) is 9.44. The van der Waals surface area contributed by atoms with Crippen molar-refractivity contribution < 1.29 is 16.8 Å². The van der Waals surface area contributed by atoms with Gasteiger partial charge in [0.2, 0.25) is 0 Å². The number of benzene rings is 1. The van der Waals surface area contributed by atoms with E-state index in [1.807, 2.05) is 30.3 Å². The SMILES string of the molecule is COS(=O)(=O)OC.Clc1ccccc1. The summed E-state index contributed by atoms with van der Waals surface area (Å²) in [4.78, 5) is 0. The second-order valence-electron chi connectivity index (χ2n) is 2.04. The van der Waals surface area contributed by atoms with Crippen LogP contribution in [0.3, 0.4) is 0 Å². The van der Waals surface area contributed by atoms with E-state index in [-0.39, 0.29) is 0 Å². The summed E-state index contributed by atoms with van der Waals surface area (Å²) in [5.74, 6) is 0. The topological polar surface area (TPSA) is 52.6 Å². The molecular formula is C8H11ClO4S. The van der Waals surface area contributed by atoms with Crippen molar-refractivity contribution in [2.24, 2.45) is 0 Å². The molecule has 1 aromatic carbocycles. The van der Waals surface area contributed by atoms with Crippen molar-refractivity contribution in [2.75, 3.05) is 14.2 Å². The fourth-order valence-corrected chi connectivity index (χ4v) is 0.764. The zero-order valence-electron chi connectivity index (χ0n) is 7.81. The molecule has 0 spiro atoms. The Morgan fingerprint density at radius 2 is 1.50 bits per heavy atom. The van der Waals surface area contributed by atoms with Crippen LogP contribution in [0.4, 0.5) is 0 Å². The van der Waals surface area contributed by atoms with E-state index in [1.165, 1.54) is 0 Å². The lowest BCUT2D eigenvalue weighted by Gasteiger charge is -1.91. The van der Waals surface area contributed by atoms with Gasteiger partial charge in [-0.1, -0.05) is 29.8 Å². The van der Waals surface area contributed by atoms with Crippen LogP contribution in [-0.4, -0.2) is 22.6 Å². The van der Waals surface area contributed by atoms with Gasteiger partial charge in [-0.05, 0) is 12.1 Å². The van der Waals surface area contributed by atoms with Crippen LogP contribution < -0.4 is 0 Å². The van der Waals surface area contributed by atoms with Crippen molar-refractivity contribution in [1.29, 1.82) is 0 Å². The van der Waals surface area contributed by atoms with Crippen LogP contribution in [0.15, 0.2) is 30.3 Å². The zero-order valence-corrected chi connectivity index (χ0v) is 9.38. The molecule has 0 unspecified atom stereocenters. The molecule has 14 heavy (non-hydrogen) atoms. The molecule has 0 amide bonds. The number of halogens is 1. The predicted molar refractivity (Wildman–Crippen MR) is 54.4 cm³/mol. The maximum absolute atomic E-state index is 9.92. The highest BCUT2D eigenvalue weighted by molar-refractivity contribution is 7.81. The number of hydrogen-bond acceptors (Lipinski definition) is 4. The lowest BCUT2D eigenvalue weighted by atomic mass is 10.4. The summed E-state index contributed by atoms with van der Waals surface area (Å²) in [6.07, 6.45) is 0. The molecule has 0 bridgehead atoms. The Morgan fingerprint density at radius 1 is 1.07 bits per heavy atom. The third kappa shape index (κ3) is 6.85. The van der Waals surface area contributed by atoms with Crippen LogP contribution in [-0.2, 0) is 18.8 Å². The van der Waals surface area contributed by atoms with Crippen LogP contribution >= 0.6 is 11.6 Å². The minimum Gasteiger partial charge on any atom is -0.252 e. The first kappa shape index (κ1) is 13.4. The van der Waals surface area contributed by atoms with Crippen molar-refractivity contribution in [2.45, 2.75) is 0 Å². The van der Waals surface area contributed by atoms with Gasteiger partial charge in [0.05, 0.1) is 14.2 Å². The Bertz CT molecular complexity index is 326. The Kier molecular flexibility index (Phi) is 6.48. The lowest BCUT2D eigenvalue weighted by Crippen LogP contribution is -2.02. The van der Waals surface area contributed by atoms with E-state index in [4.69, 9.17) is 11.6 Å². The van der Waals surface area contributed by atoms with Crippen LogP contribution in [0.25, 0.3) is 0 Å². The Morgan fingerprint density at radius 3 is 1.64 bits per heavy atom. The van der Waals surface area contributed by atoms with E-state index in [0.29, 0.717) is 0 Å². The summed E-state index contributed by atoms with van der Waals surface area (Å²) < 4.78 is 27.5. The molecule has 0 heterocycles. The molecule has 0 atom stereocenters. The second-order valence-corrected chi connectivity index (χ2v) is 3.96. The monoisotopic (exact) mass is 238 g/mol. The Balaban J connectivity index is 0.000000241. The van der Waals surface area contributed by atoms with Crippen LogP contribution in [0, 0.1) is 0 Å². The van der Waals surface area contributed by atoms with Gasteiger partial charge in [0.15, 0.2) is 0 Å². The first-order chi connectivity index (χ1) is 6.52. The average Bonchev–Trinajstić information content (AvgIpc) is 2.20. The summed E-state index contributed by atoms with van der Waals surface area (Å²) in [7, 11) is -1.60. The van der Waals surface area contributed by atoms with Gasteiger partial charge in [-0.2, -0.15) is 8.42 Å². The highest BCUT2D eigenvalue weighted by Crippen LogP contribution is 2.03. The molecular weight excluding hydrogens is 228 g/mol. The molecule has 1 rings (SSSR count). The van der Waals surface area contributed by atoms with E-state index in [0.717, 1.165) is 19.2 Å². The highest BCUT2D eigenvalue weighted by atomic mass is 35.5. The van der Waals surface area contributed by atoms with Crippen molar-refractivity contribution in [3.63, 3.8) is 0 Å². The molecule has 0 saturated carbocycles. The number of rotatable bonds is 2. The van der Waals surface area contributed by atoms with Crippen molar-refractivity contribution in [1.82, 2.24) is 0 Å². The fourth-order valence-electron chi connectivity index (χ4n) is 0.483. The van der Waals surface area contributed by atoms with E-state index in [2.05, 4.69) is 8.37 Å². The maximum atomic E-state index is 9.92. The Hall–Kier alpha value is -0.620. The van der Waals surface area contributed by atoms with Gasteiger partial charge in [-0.3, -0.25) is 8.37 Å². The summed E-state index contributed by atoms with van der Waals surface area (Å²) in [5, 5.41) is 0.794. The molecule has 0 aliphatic rings. The van der Waals surface area contributed by atoms with Gasteiger partial charge in [-0.15, -0.1) is 0 Å². The molecule has 0 fully saturated rings. The number of hydrogen-bond donors (Lipinski definition) is 0. The van der Waals surface area contributed by atoms with Crippen molar-refractivity contribution >= 4 is 22.0 Å². The van der Waals surface area contributed by atoms with Gasteiger partial charge in [0, 0.05) is 5.02 Å². The van der Waals surface area contributed by atoms with E-state index in [1.54, 1.807) is 0 Å². The smallest absolute Gasteiger partial charge is 0.252 e. The standard InChI is InChI=1S/C6H5Cl.C2H6O4S/c7-6-4-2-1-3-5-6;1-5-7(3,4)6-2/h1-5H;1-2H3. The van der Waals surface area contributed by atoms with E-state index < -0.39 is 10.4 Å². The third-order valence-corrected chi connectivity index (χ3v) is 2.21. The molecule has 0 N–H and O–H groups in total. The third-order valence-electron chi connectivity index (χ3n) is 1.14. The van der Waals surface area contributed by atoms with Gasteiger partial charge in [0.25, 0.3) is 0 Å². The first-order valence-corrected chi connectivity index (χ1v) is 5.29. The highest BCUT2D eigenvalue weighted by Gasteiger charge is 2.01. The minimum absolute atomic E-state index is 0.794. The maximum Gasteiger partial charge on any atom is 0.399 e.